The number of rotatable bonds is 5. The third-order valence-corrected chi connectivity index (χ3v) is 20.9. The first-order valence-corrected chi connectivity index (χ1v) is 27.2. The fourth-order valence-corrected chi connectivity index (χ4v) is 18.8. The third kappa shape index (κ3) is 5.49. The van der Waals surface area contributed by atoms with Crippen molar-refractivity contribution < 1.29 is 24.2 Å². The van der Waals surface area contributed by atoms with Crippen molar-refractivity contribution >= 4 is 11.9 Å². The lowest BCUT2D eigenvalue weighted by Crippen LogP contribution is -2.77. The number of nitrogens with zero attached hydrogens (tertiary/aromatic N) is 2. The number of carbonyl (C=O) groups is 2. The molecular formula is C59H71N3O5. The van der Waals surface area contributed by atoms with Crippen molar-refractivity contribution in [1.82, 2.24) is 9.80 Å². The van der Waals surface area contributed by atoms with Crippen LogP contribution in [0.15, 0.2) is 88.0 Å². The predicted octanol–water partition coefficient (Wildman–Crippen LogP) is 10.6. The molecule has 0 radical (unpaired) electrons. The highest BCUT2D eigenvalue weighted by Gasteiger charge is 2.93. The lowest BCUT2D eigenvalue weighted by molar-refractivity contribution is -0.276. The molecule has 15 bridgehead atoms. The number of aryl methyl sites for hydroxylation is 2. The van der Waals surface area contributed by atoms with Crippen molar-refractivity contribution in [2.24, 2.45) is 58.0 Å². The molecule has 9 aliphatic heterocycles. The maximum Gasteiger partial charge on any atom is 0.339 e. The first-order valence-electron chi connectivity index (χ1n) is 27.2. The van der Waals surface area contributed by atoms with E-state index in [1.807, 2.05) is 0 Å². The average molecular weight is 902 g/mol. The number of benzene rings is 2. The van der Waals surface area contributed by atoms with Crippen molar-refractivity contribution in [3.05, 3.63) is 116 Å². The Kier molecular flexibility index (Phi) is 9.47. The number of hydrogen-bond acceptors (Lipinski definition) is 8. The number of nitrogens with two attached hydrogens (primary N) is 1. The summed E-state index contributed by atoms with van der Waals surface area (Å²) < 4.78 is 14.3. The van der Waals surface area contributed by atoms with Crippen LogP contribution in [0.3, 0.4) is 0 Å². The van der Waals surface area contributed by atoms with Crippen LogP contribution in [0.2, 0.25) is 0 Å². The number of aliphatic hydroxyl groups excluding tert-OH is 1. The van der Waals surface area contributed by atoms with Gasteiger partial charge in [0.2, 0.25) is 0 Å². The Balaban J connectivity index is 1.06. The lowest BCUT2D eigenvalue weighted by Gasteiger charge is -2.71. The maximum absolute atomic E-state index is 16.2. The molecule has 6 aliphatic carbocycles. The van der Waals surface area contributed by atoms with E-state index in [4.69, 9.17) is 15.2 Å². The smallest absolute Gasteiger partial charge is 0.339 e. The monoisotopic (exact) mass is 902 g/mol. The maximum atomic E-state index is 16.2. The summed E-state index contributed by atoms with van der Waals surface area (Å²) in [6.07, 6.45) is 22.6. The van der Waals surface area contributed by atoms with Crippen molar-refractivity contribution in [3.8, 4) is 0 Å². The summed E-state index contributed by atoms with van der Waals surface area (Å²) in [5, 5.41) is 13.4. The van der Waals surface area contributed by atoms with Gasteiger partial charge in [0, 0.05) is 61.2 Å². The van der Waals surface area contributed by atoms with Crippen LogP contribution in [0.4, 0.5) is 0 Å². The molecule has 3 saturated heterocycles. The van der Waals surface area contributed by atoms with Gasteiger partial charge in [-0.25, -0.2) is 4.79 Å². The zero-order valence-corrected chi connectivity index (χ0v) is 39.8. The van der Waals surface area contributed by atoms with Gasteiger partial charge >= 0.3 is 11.9 Å². The molecule has 0 aromatic heterocycles. The van der Waals surface area contributed by atoms with Crippen LogP contribution in [0, 0.1) is 52.3 Å². The van der Waals surface area contributed by atoms with Gasteiger partial charge in [0.05, 0.1) is 11.0 Å². The summed E-state index contributed by atoms with van der Waals surface area (Å²) in [4.78, 5) is 37.1. The van der Waals surface area contributed by atoms with Gasteiger partial charge < -0.3 is 25.2 Å². The summed E-state index contributed by atoms with van der Waals surface area (Å²) in [7, 11) is 0. The van der Waals surface area contributed by atoms with Crippen molar-refractivity contribution in [1.29, 1.82) is 0 Å². The molecular weight excluding hydrogens is 831 g/mol. The van der Waals surface area contributed by atoms with Crippen LogP contribution < -0.4 is 5.73 Å². The van der Waals surface area contributed by atoms with E-state index in [1.54, 1.807) is 11.3 Å². The van der Waals surface area contributed by atoms with Crippen molar-refractivity contribution in [2.75, 3.05) is 26.2 Å². The van der Waals surface area contributed by atoms with Crippen LogP contribution in [-0.4, -0.2) is 65.1 Å². The summed E-state index contributed by atoms with van der Waals surface area (Å²) >= 11 is 0. The van der Waals surface area contributed by atoms with E-state index in [9.17, 15) is 5.11 Å². The summed E-state index contributed by atoms with van der Waals surface area (Å²) in [5.41, 5.74) is 15.4. The molecule has 3 spiro atoms. The Hall–Kier alpha value is -4.14. The van der Waals surface area contributed by atoms with E-state index in [-0.39, 0.29) is 35.6 Å². The number of ether oxygens (including phenoxy) is 2. The molecule has 352 valence electrons. The predicted molar refractivity (Wildman–Crippen MR) is 257 cm³/mol. The number of hydrogen-bond donors (Lipinski definition) is 2. The van der Waals surface area contributed by atoms with E-state index in [0.29, 0.717) is 72.8 Å². The average Bonchev–Trinajstić information content (AvgIpc) is 3.79. The third-order valence-electron chi connectivity index (χ3n) is 20.9. The molecule has 17 rings (SSSR count). The van der Waals surface area contributed by atoms with Crippen LogP contribution in [0.5, 0.6) is 0 Å². The standard InChI is InChI=1S/C59H71N3O5/c1-34-24-40-19-20-47-42-27-38-31-61(33-42)43(28-36-10-3-2-4-11-36)30-48(63)54-57-22-21-44-46-29-41(50(34)52(44)53(40)62(47)32-38)26-37-14-7-13-35(25-37)12-5-6-18-49(58(46,57)56(65)66-54)59(57)45-17-8-15-39(16-9-23-60)51(45)55(64)67-59/h7-8,13-15,17,25,29,34,36,38,42-43,47,49-50,52,63H,2-6,9-12,16,18-24,26-28,30-33,60H2,1H3/b54-48-/t34-,38+,42-,43+,47-,49-,50-,52+,57+,58-,59+/m0/s1. The zero-order chi connectivity index (χ0) is 45.0. The first kappa shape index (κ1) is 41.8. The minimum atomic E-state index is -1.16. The van der Waals surface area contributed by atoms with Crippen LogP contribution in [-0.2, 0) is 39.1 Å². The molecule has 8 heteroatoms. The quantitative estimate of drug-likeness (QED) is 0.286. The van der Waals surface area contributed by atoms with Gasteiger partial charge in [0.15, 0.2) is 11.4 Å². The zero-order valence-electron chi connectivity index (χ0n) is 39.8. The van der Waals surface area contributed by atoms with Crippen molar-refractivity contribution in [3.63, 3.8) is 0 Å². The minimum absolute atomic E-state index is 0.148. The second-order valence-electron chi connectivity index (χ2n) is 24.0. The Morgan fingerprint density at radius 1 is 0.910 bits per heavy atom. The largest absolute Gasteiger partial charge is 0.509 e. The van der Waals surface area contributed by atoms with E-state index in [1.165, 1.54) is 73.6 Å². The molecule has 2 aromatic rings. The highest BCUT2D eigenvalue weighted by Crippen LogP contribution is 2.87. The molecule has 2 saturated carbocycles. The Bertz CT molecular complexity index is 2600. The summed E-state index contributed by atoms with van der Waals surface area (Å²) in [5.74, 6) is 2.62. The van der Waals surface area contributed by atoms with Crippen molar-refractivity contribution in [2.45, 2.75) is 153 Å². The van der Waals surface area contributed by atoms with Gasteiger partial charge in [-0.1, -0.05) is 111 Å². The molecule has 15 aliphatic rings. The number of allylic oxidation sites excluding steroid dienone is 4. The normalized spacial score (nSPS) is 41.3. The second kappa shape index (κ2) is 15.2. The minimum Gasteiger partial charge on any atom is -0.509 e. The van der Waals surface area contributed by atoms with E-state index < -0.39 is 16.4 Å². The van der Waals surface area contributed by atoms with Gasteiger partial charge in [-0.15, -0.1) is 0 Å². The molecule has 2 aromatic carbocycles. The Labute approximate surface area is 397 Å². The number of fused-ring (bicyclic) bond motifs is 6. The number of aliphatic hydroxyl groups is 1. The van der Waals surface area contributed by atoms with E-state index >= 15 is 9.59 Å². The van der Waals surface area contributed by atoms with Gasteiger partial charge in [0.25, 0.3) is 0 Å². The number of piperidine rings is 2. The number of esters is 2. The highest BCUT2D eigenvalue weighted by atomic mass is 16.6. The molecule has 9 heterocycles. The Morgan fingerprint density at radius 3 is 2.64 bits per heavy atom. The SMILES string of the molecule is C[C@H]1CC2=C3[C@@H]4C5=C6C=C(Cc7cccc(c7)CCCC[C@H]7[C@]68C(=O)O/C(=C(\O)C[C@@H](CC6CCCCC6)N6C[C@H]9C[C@@H](C6)[C@H](CC2)N3C9)[C@@]8(CC5)[C@]72OC(=O)c3c(CCCN)cccc32)[C@@H]41. The lowest BCUT2D eigenvalue weighted by atomic mass is 9.29. The van der Waals surface area contributed by atoms with Gasteiger partial charge in [0.1, 0.15) is 11.2 Å². The molecule has 1 unspecified atom stereocenters. The van der Waals surface area contributed by atoms with Crippen LogP contribution in [0.1, 0.15) is 149 Å². The molecule has 12 atom stereocenters. The Morgan fingerprint density at radius 2 is 1.76 bits per heavy atom. The van der Waals surface area contributed by atoms with E-state index in [0.717, 1.165) is 94.1 Å². The summed E-state index contributed by atoms with van der Waals surface area (Å²) in [6.45, 7) is 6.30. The fourth-order valence-electron chi connectivity index (χ4n) is 18.8. The molecule has 0 amide bonds. The fraction of sp³-hybridized carbons (Fsp3) is 0.627. The first-order chi connectivity index (χ1) is 32.7. The van der Waals surface area contributed by atoms with Gasteiger partial charge in [-0.05, 0) is 142 Å². The molecule has 67 heavy (non-hydrogen) atoms. The topological polar surface area (TPSA) is 105 Å². The molecule has 5 fully saturated rings. The van der Waals surface area contributed by atoms with Gasteiger partial charge in [-0.3, -0.25) is 9.69 Å². The van der Waals surface area contributed by atoms with Crippen LogP contribution in [0.25, 0.3) is 0 Å². The molecule has 8 nitrogen and oxygen atoms in total. The van der Waals surface area contributed by atoms with E-state index in [2.05, 4.69) is 65.3 Å². The van der Waals surface area contributed by atoms with Crippen LogP contribution >= 0.6 is 0 Å². The summed E-state index contributed by atoms with van der Waals surface area (Å²) in [6, 6.07) is 16.3. The van der Waals surface area contributed by atoms with Gasteiger partial charge in [-0.2, -0.15) is 0 Å². The highest BCUT2D eigenvalue weighted by molar-refractivity contribution is 6.00. The number of carbonyl (C=O) groups excluding carboxylic acids is 2. The molecule has 3 N–H and O–H groups in total. The second-order valence-corrected chi connectivity index (χ2v) is 24.0.